The maximum Gasteiger partial charge on any atom is 0.278 e. The van der Waals surface area contributed by atoms with E-state index in [1.165, 1.54) is 6.92 Å². The average molecular weight is 522 g/mol. The minimum absolute atomic E-state index is 0.0653. The molecule has 0 spiro atoms. The van der Waals surface area contributed by atoms with Crippen LogP contribution in [-0.4, -0.2) is 34.0 Å². The molecular weight excluding hydrogens is 478 g/mol. The van der Waals surface area contributed by atoms with Crippen LogP contribution < -0.4 is 5.56 Å². The van der Waals surface area contributed by atoms with Gasteiger partial charge < -0.3 is 10.0 Å². The lowest BCUT2D eigenvalue weighted by Crippen LogP contribution is -2.39. The summed E-state index contributed by atoms with van der Waals surface area (Å²) in [6, 6.07) is 8.90. The molecule has 0 fully saturated rings. The smallest absolute Gasteiger partial charge is 0.278 e. The third-order valence-corrected chi connectivity index (χ3v) is 7.25. The molecule has 0 bridgehead atoms. The van der Waals surface area contributed by atoms with Gasteiger partial charge in [-0.1, -0.05) is 78.4 Å². The number of benzene rings is 1. The van der Waals surface area contributed by atoms with Gasteiger partial charge in [0.25, 0.3) is 11.5 Å². The molecule has 8 nitrogen and oxygen atoms in total. The summed E-state index contributed by atoms with van der Waals surface area (Å²) < 4.78 is 0. The predicted molar refractivity (Wildman–Crippen MR) is 151 cm³/mol. The summed E-state index contributed by atoms with van der Waals surface area (Å²) in [6.07, 6.45) is 8.76. The maximum absolute atomic E-state index is 14.0. The molecule has 2 N–H and O–H groups in total. The number of azo groups is 1. The fourth-order valence-corrected chi connectivity index (χ4v) is 4.67. The van der Waals surface area contributed by atoms with E-state index in [9.17, 15) is 20.0 Å². The number of hydrogen-bond donors (Lipinski definition) is 2. The van der Waals surface area contributed by atoms with Crippen LogP contribution >= 0.6 is 0 Å². The molecule has 2 aromatic rings. The second-order valence-corrected chi connectivity index (χ2v) is 10.0. The molecule has 1 heterocycles. The number of carbonyl (C=O) groups excluding carboxylic acids is 1. The van der Waals surface area contributed by atoms with Gasteiger partial charge in [-0.3, -0.25) is 14.6 Å². The lowest BCUT2D eigenvalue weighted by Gasteiger charge is -2.31. The number of rotatable bonds is 15. The standard InChI is InChI=1S/C30H43N5O3/c1-6-10-14-22(8-3)19-35(20-23(9-4)15-11-7-2)30(38)24-16-12-13-17-26(24)33-34-27-21(5)25(18-31)28(36)32-29(27)37/h12-13,16-17,22-23H,6-11,14-15,19-20H2,1-5H3,(H2,32,36,37). The second kappa shape index (κ2) is 15.7. The van der Waals surface area contributed by atoms with Gasteiger partial charge in [0.2, 0.25) is 5.88 Å². The van der Waals surface area contributed by atoms with Gasteiger partial charge in [-0.05, 0) is 43.7 Å². The molecule has 206 valence electrons. The molecule has 2 atom stereocenters. The molecule has 0 saturated heterocycles. The van der Waals surface area contributed by atoms with Crippen LogP contribution in [0.5, 0.6) is 5.88 Å². The Balaban J connectivity index is 2.45. The molecular formula is C30H43N5O3. The van der Waals surface area contributed by atoms with Crippen molar-refractivity contribution in [2.45, 2.75) is 86.0 Å². The van der Waals surface area contributed by atoms with Crippen LogP contribution in [0.2, 0.25) is 0 Å². The summed E-state index contributed by atoms with van der Waals surface area (Å²) in [5.41, 5.74) is 0.221. The van der Waals surface area contributed by atoms with E-state index in [4.69, 9.17) is 0 Å². The topological polar surface area (TPSA) is 122 Å². The van der Waals surface area contributed by atoms with Crippen molar-refractivity contribution in [3.8, 4) is 11.9 Å². The molecule has 8 heteroatoms. The van der Waals surface area contributed by atoms with Gasteiger partial charge >= 0.3 is 0 Å². The van der Waals surface area contributed by atoms with E-state index >= 15 is 0 Å². The number of hydrogen-bond acceptors (Lipinski definition) is 6. The van der Waals surface area contributed by atoms with Gasteiger partial charge in [0.15, 0.2) is 5.69 Å². The van der Waals surface area contributed by atoms with Crippen molar-refractivity contribution in [2.75, 3.05) is 13.1 Å². The Morgan fingerprint density at radius 1 is 1.03 bits per heavy atom. The van der Waals surface area contributed by atoms with Crippen molar-refractivity contribution in [3.05, 3.63) is 51.3 Å². The number of amides is 1. The SMILES string of the molecule is CCCCC(CC)CN(CC(CC)CCCC)C(=O)c1ccccc1N=Nc1c(C)c(C#N)c(O)[nH]c1=O. The van der Waals surface area contributed by atoms with Crippen molar-refractivity contribution in [2.24, 2.45) is 22.1 Å². The zero-order valence-electron chi connectivity index (χ0n) is 23.6. The Hall–Kier alpha value is -3.47. The number of nitrogens with zero attached hydrogens (tertiary/aromatic N) is 4. The fraction of sp³-hybridized carbons (Fsp3) is 0.567. The van der Waals surface area contributed by atoms with E-state index in [2.05, 4.69) is 42.9 Å². The monoisotopic (exact) mass is 521 g/mol. The number of aromatic amines is 1. The van der Waals surface area contributed by atoms with Crippen molar-refractivity contribution in [3.63, 3.8) is 0 Å². The number of pyridine rings is 1. The maximum atomic E-state index is 14.0. The summed E-state index contributed by atoms with van der Waals surface area (Å²) in [4.78, 5) is 30.6. The number of unbranched alkanes of at least 4 members (excludes halogenated alkanes) is 2. The van der Waals surface area contributed by atoms with Crippen LogP contribution in [0.25, 0.3) is 0 Å². The lowest BCUT2D eigenvalue weighted by atomic mass is 9.95. The Morgan fingerprint density at radius 3 is 2.13 bits per heavy atom. The van der Waals surface area contributed by atoms with Gasteiger partial charge in [0, 0.05) is 18.7 Å². The fourth-order valence-electron chi connectivity index (χ4n) is 4.67. The summed E-state index contributed by atoms with van der Waals surface area (Å²) in [7, 11) is 0. The van der Waals surface area contributed by atoms with Crippen LogP contribution in [0.4, 0.5) is 11.4 Å². The number of carbonyl (C=O) groups is 1. The summed E-state index contributed by atoms with van der Waals surface area (Å²) >= 11 is 0. The van der Waals surface area contributed by atoms with Gasteiger partial charge in [0.1, 0.15) is 11.6 Å². The van der Waals surface area contributed by atoms with E-state index in [0.29, 0.717) is 36.2 Å². The highest BCUT2D eigenvalue weighted by Gasteiger charge is 2.24. The zero-order chi connectivity index (χ0) is 28.1. The molecule has 1 aromatic heterocycles. The molecule has 0 aliphatic rings. The van der Waals surface area contributed by atoms with Crippen molar-refractivity contribution >= 4 is 17.3 Å². The summed E-state index contributed by atoms with van der Waals surface area (Å²) in [5.74, 6) is 0.277. The first kappa shape index (κ1) is 30.8. The van der Waals surface area contributed by atoms with Crippen LogP contribution in [0, 0.1) is 30.1 Å². The van der Waals surface area contributed by atoms with E-state index in [1.807, 2.05) is 11.0 Å². The number of aromatic nitrogens is 1. The predicted octanol–water partition coefficient (Wildman–Crippen LogP) is 7.55. The van der Waals surface area contributed by atoms with Crippen molar-refractivity contribution in [1.82, 2.24) is 9.88 Å². The van der Waals surface area contributed by atoms with Gasteiger partial charge in [-0.2, -0.15) is 5.26 Å². The van der Waals surface area contributed by atoms with E-state index < -0.39 is 11.4 Å². The van der Waals surface area contributed by atoms with E-state index in [-0.39, 0.29) is 22.7 Å². The summed E-state index contributed by atoms with van der Waals surface area (Å²) in [6.45, 7) is 11.7. The summed E-state index contributed by atoms with van der Waals surface area (Å²) in [5, 5.41) is 27.5. The molecule has 0 radical (unpaired) electrons. The normalized spacial score (nSPS) is 12.8. The molecule has 0 aliphatic carbocycles. The van der Waals surface area contributed by atoms with E-state index in [0.717, 1.165) is 51.4 Å². The third-order valence-electron chi connectivity index (χ3n) is 7.25. The first-order chi connectivity index (χ1) is 18.3. The Kier molecular flexibility index (Phi) is 12.7. The largest absolute Gasteiger partial charge is 0.494 e. The zero-order valence-corrected chi connectivity index (χ0v) is 23.6. The molecule has 1 amide bonds. The van der Waals surface area contributed by atoms with Crippen LogP contribution in [0.3, 0.4) is 0 Å². The molecule has 1 aromatic carbocycles. The van der Waals surface area contributed by atoms with Crippen LogP contribution in [0.15, 0.2) is 39.3 Å². The molecule has 0 saturated carbocycles. The third kappa shape index (κ3) is 8.27. The highest BCUT2D eigenvalue weighted by Crippen LogP contribution is 2.28. The molecule has 38 heavy (non-hydrogen) atoms. The number of H-pyrrole nitrogens is 1. The highest BCUT2D eigenvalue weighted by atomic mass is 16.3. The van der Waals surface area contributed by atoms with Gasteiger partial charge in [0.05, 0.1) is 11.3 Å². The Labute approximate surface area is 226 Å². The van der Waals surface area contributed by atoms with Gasteiger partial charge in [-0.25, -0.2) is 0 Å². The number of aromatic hydroxyl groups is 1. The Morgan fingerprint density at radius 2 is 1.61 bits per heavy atom. The lowest BCUT2D eigenvalue weighted by molar-refractivity contribution is 0.0685. The van der Waals surface area contributed by atoms with E-state index in [1.54, 1.807) is 24.3 Å². The quantitative estimate of drug-likeness (QED) is 0.235. The highest BCUT2D eigenvalue weighted by molar-refractivity contribution is 5.99. The van der Waals surface area contributed by atoms with Crippen molar-refractivity contribution < 1.29 is 9.90 Å². The molecule has 2 unspecified atom stereocenters. The first-order valence-corrected chi connectivity index (χ1v) is 14.0. The first-order valence-electron chi connectivity index (χ1n) is 14.0. The minimum atomic E-state index is -0.656. The molecule has 0 aliphatic heterocycles. The van der Waals surface area contributed by atoms with Crippen molar-refractivity contribution in [1.29, 1.82) is 5.26 Å². The number of nitrogens with one attached hydrogen (secondary N) is 1. The molecule has 2 rings (SSSR count). The van der Waals surface area contributed by atoms with Gasteiger partial charge in [-0.15, -0.1) is 10.2 Å². The van der Waals surface area contributed by atoms with Crippen LogP contribution in [0.1, 0.15) is 101 Å². The minimum Gasteiger partial charge on any atom is -0.494 e. The number of nitriles is 1. The van der Waals surface area contributed by atoms with Crippen LogP contribution in [-0.2, 0) is 0 Å². The average Bonchev–Trinajstić information content (AvgIpc) is 2.92. The second-order valence-electron chi connectivity index (χ2n) is 10.0. The Bertz CT molecular complexity index is 1160.